The molecule has 1 saturated heterocycles. The van der Waals surface area contributed by atoms with Gasteiger partial charge in [0.05, 0.1) is 34.4 Å². The highest BCUT2D eigenvalue weighted by molar-refractivity contribution is 8.00. The molecule has 2 aliphatic heterocycles. The van der Waals surface area contributed by atoms with Gasteiger partial charge in [0.1, 0.15) is 17.6 Å². The van der Waals surface area contributed by atoms with Crippen LogP contribution in [0.5, 0.6) is 5.88 Å². The van der Waals surface area contributed by atoms with Gasteiger partial charge in [-0.05, 0) is 43.0 Å². The van der Waals surface area contributed by atoms with Gasteiger partial charge < -0.3 is 19.9 Å². The average molecular weight is 518 g/mol. The lowest BCUT2D eigenvalue weighted by molar-refractivity contribution is -0.113. The molecule has 1 N–H and O–H groups in total. The van der Waals surface area contributed by atoms with Crippen molar-refractivity contribution in [2.24, 2.45) is 0 Å². The van der Waals surface area contributed by atoms with E-state index in [9.17, 15) is 14.9 Å². The molecule has 0 atom stereocenters. The summed E-state index contributed by atoms with van der Waals surface area (Å²) in [7, 11) is 3.37. The van der Waals surface area contributed by atoms with E-state index in [1.165, 1.54) is 11.8 Å². The molecule has 1 fully saturated rings. The monoisotopic (exact) mass is 517 g/mol. The zero-order valence-corrected chi connectivity index (χ0v) is 21.5. The Labute approximate surface area is 219 Å². The molecule has 5 heterocycles. The van der Waals surface area contributed by atoms with E-state index in [2.05, 4.69) is 31.2 Å². The van der Waals surface area contributed by atoms with Crippen LogP contribution in [-0.4, -0.2) is 82.2 Å². The summed E-state index contributed by atoms with van der Waals surface area (Å²) >= 11 is 1.32. The number of pyridine rings is 3. The Balaban J connectivity index is 1.21. The van der Waals surface area contributed by atoms with Crippen molar-refractivity contribution in [1.29, 1.82) is 5.26 Å². The van der Waals surface area contributed by atoms with E-state index in [0.29, 0.717) is 16.6 Å². The first-order valence-electron chi connectivity index (χ1n) is 12.1. The standard InChI is InChI=1S/C26H27N7O3S/c1-32(26(35)24-17(14-27)13-20-25(31-24)29-21(34)15-37-20)18-7-11-33(12-8-18)10-6-16-5-9-28-19-3-4-22(36-2)30-23(16)19/h3-5,9,13,18H,6-8,10-12,15H2,1-2H3,(H,29,31,34). The number of hydrogen-bond acceptors (Lipinski definition) is 9. The van der Waals surface area contributed by atoms with Crippen molar-refractivity contribution in [2.45, 2.75) is 30.2 Å². The van der Waals surface area contributed by atoms with Crippen molar-refractivity contribution in [1.82, 2.24) is 24.8 Å². The summed E-state index contributed by atoms with van der Waals surface area (Å²) in [4.78, 5) is 43.2. The van der Waals surface area contributed by atoms with E-state index in [0.717, 1.165) is 55.5 Å². The van der Waals surface area contributed by atoms with Crippen molar-refractivity contribution in [2.75, 3.05) is 44.9 Å². The lowest BCUT2D eigenvalue weighted by atomic mass is 10.0. The van der Waals surface area contributed by atoms with Crippen molar-refractivity contribution >= 4 is 40.4 Å². The second-order valence-corrected chi connectivity index (χ2v) is 10.1. The number of nitrogens with one attached hydrogen (secondary N) is 1. The van der Waals surface area contributed by atoms with Gasteiger partial charge in [-0.2, -0.15) is 5.26 Å². The van der Waals surface area contributed by atoms with Crippen molar-refractivity contribution in [3.63, 3.8) is 0 Å². The van der Waals surface area contributed by atoms with Gasteiger partial charge in [-0.15, -0.1) is 11.8 Å². The topological polar surface area (TPSA) is 124 Å². The Morgan fingerprint density at radius 3 is 2.86 bits per heavy atom. The first-order chi connectivity index (χ1) is 18.0. The average Bonchev–Trinajstić information content (AvgIpc) is 2.94. The number of carbonyl (C=O) groups excluding carboxylic acids is 2. The van der Waals surface area contributed by atoms with E-state index in [1.807, 2.05) is 24.4 Å². The second-order valence-electron chi connectivity index (χ2n) is 9.11. The van der Waals surface area contributed by atoms with Crippen LogP contribution in [0.2, 0.25) is 0 Å². The fourth-order valence-electron chi connectivity index (χ4n) is 4.77. The molecular weight excluding hydrogens is 490 g/mol. The maximum absolute atomic E-state index is 13.3. The van der Waals surface area contributed by atoms with Crippen LogP contribution in [0.1, 0.15) is 34.5 Å². The number of amides is 2. The lowest BCUT2D eigenvalue weighted by Gasteiger charge is -2.36. The highest BCUT2D eigenvalue weighted by Gasteiger charge is 2.30. The van der Waals surface area contributed by atoms with Gasteiger partial charge in [-0.1, -0.05) is 0 Å². The maximum atomic E-state index is 13.3. The van der Waals surface area contributed by atoms with Crippen molar-refractivity contribution < 1.29 is 14.3 Å². The fraction of sp³-hybridized carbons (Fsp3) is 0.385. The smallest absolute Gasteiger partial charge is 0.273 e. The van der Waals surface area contributed by atoms with E-state index in [-0.39, 0.29) is 34.9 Å². The number of nitrogens with zero attached hydrogens (tertiary/aromatic N) is 6. The summed E-state index contributed by atoms with van der Waals surface area (Å²) in [5, 5.41) is 12.3. The number of hydrogen-bond donors (Lipinski definition) is 1. The number of thioether (sulfide) groups is 1. The Kier molecular flexibility index (Phi) is 7.21. The maximum Gasteiger partial charge on any atom is 0.273 e. The molecule has 0 aromatic carbocycles. The van der Waals surface area contributed by atoms with Crippen molar-refractivity contribution in [3.05, 3.63) is 47.3 Å². The normalized spacial score (nSPS) is 16.1. The molecule has 2 amide bonds. The van der Waals surface area contributed by atoms with Gasteiger partial charge in [0.25, 0.3) is 5.91 Å². The molecule has 10 nitrogen and oxygen atoms in total. The van der Waals surface area contributed by atoms with Gasteiger partial charge in [-0.25, -0.2) is 9.97 Å². The number of piperidine rings is 1. The number of likely N-dealkylation sites (tertiary alicyclic amines) is 1. The number of fused-ring (bicyclic) bond motifs is 2. The zero-order chi connectivity index (χ0) is 25.9. The van der Waals surface area contributed by atoms with Crippen LogP contribution in [0.4, 0.5) is 5.82 Å². The second kappa shape index (κ2) is 10.7. The molecular formula is C26H27N7O3S. The molecule has 3 aromatic heterocycles. The van der Waals surface area contributed by atoms with Crippen LogP contribution < -0.4 is 10.1 Å². The Morgan fingerprint density at radius 2 is 2.11 bits per heavy atom. The number of aromatic nitrogens is 3. The summed E-state index contributed by atoms with van der Waals surface area (Å²) in [5.74, 6) is 0.731. The molecule has 3 aromatic rings. The molecule has 0 aliphatic carbocycles. The minimum atomic E-state index is -0.300. The molecule has 0 spiro atoms. The highest BCUT2D eigenvalue weighted by atomic mass is 32.2. The molecule has 0 radical (unpaired) electrons. The van der Waals surface area contributed by atoms with Crippen LogP contribution in [0.3, 0.4) is 0 Å². The lowest BCUT2D eigenvalue weighted by Crippen LogP contribution is -2.46. The molecule has 11 heteroatoms. The predicted molar refractivity (Wildman–Crippen MR) is 140 cm³/mol. The number of nitriles is 1. The molecule has 0 bridgehead atoms. The van der Waals surface area contributed by atoms with Crippen LogP contribution in [0.15, 0.2) is 35.4 Å². The third kappa shape index (κ3) is 5.21. The molecule has 37 heavy (non-hydrogen) atoms. The molecule has 190 valence electrons. The Morgan fingerprint density at radius 1 is 1.30 bits per heavy atom. The van der Waals surface area contributed by atoms with Gasteiger partial charge in [0, 0.05) is 45.0 Å². The first kappa shape index (κ1) is 24.9. The predicted octanol–water partition coefficient (Wildman–Crippen LogP) is 2.73. The van der Waals surface area contributed by atoms with Gasteiger partial charge >= 0.3 is 0 Å². The number of carbonyl (C=O) groups is 2. The summed E-state index contributed by atoms with van der Waals surface area (Å²) in [6.45, 7) is 2.60. The third-order valence-electron chi connectivity index (χ3n) is 6.90. The molecule has 0 saturated carbocycles. The summed E-state index contributed by atoms with van der Waals surface area (Å²) in [5.41, 5.74) is 3.16. The summed E-state index contributed by atoms with van der Waals surface area (Å²) < 4.78 is 5.28. The molecule has 2 aliphatic rings. The van der Waals surface area contributed by atoms with Gasteiger partial charge in [0.2, 0.25) is 11.8 Å². The Bertz CT molecular complexity index is 1400. The minimum absolute atomic E-state index is 0.0461. The SMILES string of the molecule is COc1ccc2nccc(CCN3CCC(N(C)C(=O)c4nc5c(cc4C#N)SCC(=O)N5)CC3)c2n1. The largest absolute Gasteiger partial charge is 0.481 e. The number of anilines is 1. The molecule has 0 unspecified atom stereocenters. The summed E-state index contributed by atoms with van der Waals surface area (Å²) in [6.07, 6.45) is 4.30. The minimum Gasteiger partial charge on any atom is -0.481 e. The van der Waals surface area contributed by atoms with Crippen LogP contribution in [0.25, 0.3) is 11.0 Å². The van der Waals surface area contributed by atoms with E-state index >= 15 is 0 Å². The first-order valence-corrected chi connectivity index (χ1v) is 13.1. The quantitative estimate of drug-likeness (QED) is 0.525. The van der Waals surface area contributed by atoms with E-state index in [1.54, 1.807) is 25.1 Å². The third-order valence-corrected chi connectivity index (χ3v) is 7.93. The molecule has 5 rings (SSSR count). The fourth-order valence-corrected chi connectivity index (χ4v) is 5.57. The Hall–Kier alpha value is -3.75. The van der Waals surface area contributed by atoms with E-state index < -0.39 is 0 Å². The highest BCUT2D eigenvalue weighted by Crippen LogP contribution is 2.32. The number of ether oxygens (including phenoxy) is 1. The number of methoxy groups -OCH3 is 1. The van der Waals surface area contributed by atoms with E-state index in [4.69, 9.17) is 4.74 Å². The van der Waals surface area contributed by atoms with Gasteiger partial charge in [0.15, 0.2) is 0 Å². The zero-order valence-electron chi connectivity index (χ0n) is 20.7. The van der Waals surface area contributed by atoms with Crippen LogP contribution in [-0.2, 0) is 11.2 Å². The van der Waals surface area contributed by atoms with Crippen LogP contribution >= 0.6 is 11.8 Å². The van der Waals surface area contributed by atoms with Crippen LogP contribution in [0, 0.1) is 11.3 Å². The van der Waals surface area contributed by atoms with Gasteiger partial charge in [-0.3, -0.25) is 14.6 Å². The number of rotatable bonds is 6. The summed E-state index contributed by atoms with van der Waals surface area (Å²) in [6, 6.07) is 9.53. The van der Waals surface area contributed by atoms with Crippen molar-refractivity contribution in [3.8, 4) is 11.9 Å².